The molecule has 0 radical (unpaired) electrons. The molecule has 7 heteroatoms. The highest BCUT2D eigenvalue weighted by atomic mass is 32.2. The normalized spacial score (nSPS) is 8.18. The molecule has 0 saturated heterocycles. The first-order chi connectivity index (χ1) is 11.4. The average molecular weight is 425 g/mol. The van der Waals surface area contributed by atoms with Crippen molar-refractivity contribution in [2.45, 2.75) is 43.9 Å². The minimum absolute atomic E-state index is 0. The van der Waals surface area contributed by atoms with Crippen LogP contribution in [0, 0.1) is 11.2 Å². The van der Waals surface area contributed by atoms with Crippen molar-refractivity contribution in [1.82, 2.24) is 0 Å². The molecule has 0 aliphatic heterocycles. The van der Waals surface area contributed by atoms with Gasteiger partial charge in [-0.15, -0.1) is 0 Å². The highest BCUT2D eigenvalue weighted by Gasteiger charge is 1.95. The van der Waals surface area contributed by atoms with Crippen LogP contribution in [0.1, 0.15) is 44.6 Å². The Hall–Kier alpha value is -2.20. The zero-order chi connectivity index (χ0) is 16.2. The number of hydrogen-bond acceptors (Lipinski definition) is 2. The molecular formula is C21H29F5OS. The van der Waals surface area contributed by atoms with Gasteiger partial charge in [0.2, 0.25) is 0 Å². The number of unbranched alkanes of at least 4 members (excludes halogenated alkanes) is 4. The Labute approximate surface area is 168 Å². The van der Waals surface area contributed by atoms with Gasteiger partial charge < -0.3 is 4.74 Å². The zero-order valence-corrected chi connectivity index (χ0v) is 16.6. The second-order valence-electron chi connectivity index (χ2n) is 5.43. The quantitative estimate of drug-likeness (QED) is 0.197. The smallest absolute Gasteiger partial charge is 0.119 e. The molecular weight excluding hydrogens is 395 g/mol. The summed E-state index contributed by atoms with van der Waals surface area (Å²) in [6.07, 6.45) is 6.32. The lowest BCUT2D eigenvalue weighted by atomic mass is 10.2. The molecule has 160 valence electrons. The van der Waals surface area contributed by atoms with Gasteiger partial charge in [-0.3, -0.25) is 23.5 Å². The number of ether oxygens (including phenoxy) is 1. The summed E-state index contributed by atoms with van der Waals surface area (Å²) in [5.41, 5.74) is 1.02. The standard InChI is InChI=1S/C21H24OS.5FH/c1-2-3-4-5-9-17-22-20-14-12-19(13-15-20)16-18-23-21-10-7-6-8-11-21;;;;;/h6-8,10-15H,2-5,9,17H2,1H3;5*1H. The third kappa shape index (κ3) is 13.9. The maximum Gasteiger partial charge on any atom is 0.119 e. The second-order valence-corrected chi connectivity index (χ2v) is 6.31. The predicted molar refractivity (Wildman–Crippen MR) is 112 cm³/mol. The fourth-order valence-corrected chi connectivity index (χ4v) is 2.74. The predicted octanol–water partition coefficient (Wildman–Crippen LogP) is 6.90. The third-order valence-electron chi connectivity index (χ3n) is 3.48. The lowest BCUT2D eigenvalue weighted by Gasteiger charge is -2.05. The van der Waals surface area contributed by atoms with Gasteiger partial charge >= 0.3 is 0 Å². The summed E-state index contributed by atoms with van der Waals surface area (Å²) in [6, 6.07) is 18.2. The van der Waals surface area contributed by atoms with Crippen molar-refractivity contribution in [1.29, 1.82) is 0 Å². The van der Waals surface area contributed by atoms with E-state index in [-0.39, 0.29) is 23.5 Å². The van der Waals surface area contributed by atoms with Gasteiger partial charge in [-0.1, -0.05) is 56.7 Å². The van der Waals surface area contributed by atoms with Crippen molar-refractivity contribution in [3.8, 4) is 16.9 Å². The molecule has 0 aromatic heterocycles. The highest BCUT2D eigenvalue weighted by Crippen LogP contribution is 2.16. The largest absolute Gasteiger partial charge is 0.494 e. The topological polar surface area (TPSA) is 9.23 Å². The SMILES string of the molecule is CCCCCCCOc1ccc(C#CSc2ccccc2)cc1.F.F.F.F.F. The lowest BCUT2D eigenvalue weighted by molar-refractivity contribution is 0.304. The van der Waals surface area contributed by atoms with Gasteiger partial charge in [-0.25, -0.2) is 0 Å². The zero-order valence-electron chi connectivity index (χ0n) is 15.8. The van der Waals surface area contributed by atoms with Crippen molar-refractivity contribution in [3.63, 3.8) is 0 Å². The van der Waals surface area contributed by atoms with Gasteiger partial charge in [0.25, 0.3) is 0 Å². The Bertz CT molecular complexity index is 627. The highest BCUT2D eigenvalue weighted by molar-refractivity contribution is 8.03. The van der Waals surface area contributed by atoms with E-state index >= 15 is 0 Å². The second kappa shape index (κ2) is 21.1. The summed E-state index contributed by atoms with van der Waals surface area (Å²) >= 11 is 1.55. The van der Waals surface area contributed by atoms with Gasteiger partial charge in [0.15, 0.2) is 0 Å². The number of hydrogen-bond donors (Lipinski definition) is 0. The first-order valence-corrected chi connectivity index (χ1v) is 9.16. The van der Waals surface area contributed by atoms with E-state index in [4.69, 9.17) is 4.74 Å². The van der Waals surface area contributed by atoms with Crippen LogP contribution in [0.3, 0.4) is 0 Å². The molecule has 28 heavy (non-hydrogen) atoms. The molecule has 0 aliphatic carbocycles. The molecule has 0 aliphatic rings. The minimum Gasteiger partial charge on any atom is -0.494 e. The molecule has 2 aromatic carbocycles. The van der Waals surface area contributed by atoms with Crippen LogP contribution < -0.4 is 4.74 Å². The number of thioether (sulfide) groups is 1. The monoisotopic (exact) mass is 424 g/mol. The number of rotatable bonds is 8. The fourth-order valence-electron chi connectivity index (χ4n) is 2.16. The van der Waals surface area contributed by atoms with E-state index in [1.165, 1.54) is 30.6 Å². The molecule has 2 rings (SSSR count). The Morgan fingerprint density at radius 1 is 0.750 bits per heavy atom. The molecule has 0 heterocycles. The molecule has 1 nitrogen and oxygen atoms in total. The molecule has 0 N–H and O–H groups in total. The van der Waals surface area contributed by atoms with Crippen LogP contribution in [0.25, 0.3) is 0 Å². The summed E-state index contributed by atoms with van der Waals surface area (Å²) in [4.78, 5) is 1.17. The Balaban J connectivity index is -0.000000576. The van der Waals surface area contributed by atoms with Crippen LogP contribution in [0.15, 0.2) is 59.5 Å². The van der Waals surface area contributed by atoms with Gasteiger partial charge in [0.1, 0.15) is 5.75 Å². The molecule has 0 atom stereocenters. The minimum atomic E-state index is 0. The summed E-state index contributed by atoms with van der Waals surface area (Å²) < 4.78 is 5.76. The summed E-state index contributed by atoms with van der Waals surface area (Å²) in [6.45, 7) is 3.04. The summed E-state index contributed by atoms with van der Waals surface area (Å²) in [7, 11) is 0. The fraction of sp³-hybridized carbons (Fsp3) is 0.333. The van der Waals surface area contributed by atoms with Crippen molar-refractivity contribution in [2.24, 2.45) is 0 Å². The van der Waals surface area contributed by atoms with Gasteiger partial charge in [0, 0.05) is 10.5 Å². The van der Waals surface area contributed by atoms with E-state index in [1.54, 1.807) is 11.8 Å². The molecule has 0 fully saturated rings. The van der Waals surface area contributed by atoms with Crippen LogP contribution in [0.5, 0.6) is 5.75 Å². The average Bonchev–Trinajstić information content (AvgIpc) is 2.60. The van der Waals surface area contributed by atoms with E-state index in [0.29, 0.717) is 0 Å². The molecule has 0 saturated carbocycles. The molecule has 0 amide bonds. The Kier molecular flexibility index (Phi) is 25.2. The molecule has 0 bridgehead atoms. The van der Waals surface area contributed by atoms with E-state index in [0.717, 1.165) is 24.3 Å². The van der Waals surface area contributed by atoms with Crippen LogP contribution in [-0.2, 0) is 0 Å². The number of halogens is 5. The van der Waals surface area contributed by atoms with Crippen molar-refractivity contribution < 1.29 is 28.3 Å². The van der Waals surface area contributed by atoms with Crippen LogP contribution in [0.2, 0.25) is 0 Å². The van der Waals surface area contributed by atoms with Crippen LogP contribution in [-0.4, -0.2) is 6.61 Å². The molecule has 2 aromatic rings. The van der Waals surface area contributed by atoms with Gasteiger partial charge in [0.05, 0.1) is 6.61 Å². The van der Waals surface area contributed by atoms with E-state index in [2.05, 4.69) is 30.2 Å². The van der Waals surface area contributed by atoms with Gasteiger partial charge in [-0.2, -0.15) is 0 Å². The van der Waals surface area contributed by atoms with Gasteiger partial charge in [-0.05, 0) is 59.8 Å². The van der Waals surface area contributed by atoms with Crippen molar-refractivity contribution in [3.05, 3.63) is 60.2 Å². The third-order valence-corrected chi connectivity index (χ3v) is 4.19. The molecule has 0 unspecified atom stereocenters. The van der Waals surface area contributed by atoms with Crippen molar-refractivity contribution >= 4 is 11.8 Å². The Morgan fingerprint density at radius 3 is 1.96 bits per heavy atom. The lowest BCUT2D eigenvalue weighted by Crippen LogP contribution is -1.97. The first-order valence-electron chi connectivity index (χ1n) is 8.34. The number of benzene rings is 2. The van der Waals surface area contributed by atoms with Crippen LogP contribution in [0.4, 0.5) is 23.5 Å². The van der Waals surface area contributed by atoms with Crippen molar-refractivity contribution in [2.75, 3.05) is 6.61 Å². The summed E-state index contributed by atoms with van der Waals surface area (Å²) in [5, 5.41) is 3.14. The summed E-state index contributed by atoms with van der Waals surface area (Å²) in [5.74, 6) is 4.10. The maximum absolute atomic E-state index is 5.76. The van der Waals surface area contributed by atoms with E-state index in [1.807, 2.05) is 42.5 Å². The van der Waals surface area contributed by atoms with E-state index in [9.17, 15) is 0 Å². The molecule has 0 spiro atoms. The first kappa shape index (κ1) is 33.4. The Morgan fingerprint density at radius 2 is 1.36 bits per heavy atom. The van der Waals surface area contributed by atoms with E-state index < -0.39 is 0 Å². The maximum atomic E-state index is 5.76. The van der Waals surface area contributed by atoms with Crippen LogP contribution >= 0.6 is 11.8 Å².